The number of nitrogens with one attached hydrogen (secondary N) is 2. The fraction of sp³-hybridized carbons (Fsp3) is 0.300. The Labute approximate surface area is 146 Å². The topological polar surface area (TPSA) is 83.8 Å². The zero-order valence-electron chi connectivity index (χ0n) is 14.1. The SMILES string of the molecule is NC(Cc1[nH]nc2ccccc12)C(=O)NCc1cccc2c1CCC2. The predicted molar refractivity (Wildman–Crippen MR) is 98.1 cm³/mol. The van der Waals surface area contributed by atoms with Crippen LogP contribution in [0.25, 0.3) is 10.9 Å². The van der Waals surface area contributed by atoms with E-state index in [0.29, 0.717) is 13.0 Å². The zero-order valence-corrected chi connectivity index (χ0v) is 14.1. The van der Waals surface area contributed by atoms with Crippen LogP contribution in [0.4, 0.5) is 0 Å². The standard InChI is InChI=1S/C20H22N4O/c21-17(11-19-16-8-1-2-10-18(16)23-24-19)20(25)22-12-14-7-3-5-13-6-4-9-15(13)14/h1-3,5,7-8,10,17H,4,6,9,11-12,21H2,(H,22,25)(H,23,24). The summed E-state index contributed by atoms with van der Waals surface area (Å²) in [7, 11) is 0. The van der Waals surface area contributed by atoms with Crippen molar-refractivity contribution in [1.82, 2.24) is 15.5 Å². The molecule has 1 unspecified atom stereocenters. The number of fused-ring (bicyclic) bond motifs is 2. The molecule has 1 aromatic heterocycles. The number of benzene rings is 2. The van der Waals surface area contributed by atoms with E-state index < -0.39 is 6.04 Å². The number of hydrogen-bond donors (Lipinski definition) is 3. The Morgan fingerprint density at radius 1 is 1.20 bits per heavy atom. The number of para-hydroxylation sites is 1. The first-order valence-electron chi connectivity index (χ1n) is 8.77. The molecule has 3 aromatic rings. The maximum atomic E-state index is 12.4. The van der Waals surface area contributed by atoms with Crippen molar-refractivity contribution < 1.29 is 4.79 Å². The lowest BCUT2D eigenvalue weighted by molar-refractivity contribution is -0.122. The lowest BCUT2D eigenvalue weighted by atomic mass is 10.0. The first-order valence-corrected chi connectivity index (χ1v) is 8.77. The van der Waals surface area contributed by atoms with Gasteiger partial charge in [0.25, 0.3) is 0 Å². The molecule has 2 aromatic carbocycles. The Bertz CT molecular complexity index is 915. The minimum atomic E-state index is -0.597. The summed E-state index contributed by atoms with van der Waals surface area (Å²) in [6.07, 6.45) is 3.89. The third kappa shape index (κ3) is 3.15. The van der Waals surface area contributed by atoms with Crippen LogP contribution in [-0.2, 0) is 30.6 Å². The van der Waals surface area contributed by atoms with Crippen LogP contribution in [-0.4, -0.2) is 22.1 Å². The molecular formula is C20H22N4O. The lowest BCUT2D eigenvalue weighted by Crippen LogP contribution is -2.41. The van der Waals surface area contributed by atoms with Gasteiger partial charge in [-0.1, -0.05) is 36.4 Å². The molecule has 4 rings (SSSR count). The third-order valence-corrected chi connectivity index (χ3v) is 5.00. The van der Waals surface area contributed by atoms with Gasteiger partial charge in [0.15, 0.2) is 0 Å². The van der Waals surface area contributed by atoms with Crippen molar-refractivity contribution >= 4 is 16.8 Å². The molecule has 0 fully saturated rings. The molecular weight excluding hydrogens is 312 g/mol. The van der Waals surface area contributed by atoms with Crippen molar-refractivity contribution in [3.8, 4) is 0 Å². The number of H-pyrrole nitrogens is 1. The monoisotopic (exact) mass is 334 g/mol. The molecule has 25 heavy (non-hydrogen) atoms. The minimum absolute atomic E-state index is 0.130. The second-order valence-corrected chi connectivity index (χ2v) is 6.66. The van der Waals surface area contributed by atoms with Gasteiger partial charge in [-0.3, -0.25) is 9.89 Å². The van der Waals surface area contributed by atoms with E-state index in [9.17, 15) is 4.79 Å². The molecule has 0 saturated heterocycles. The third-order valence-electron chi connectivity index (χ3n) is 5.00. The maximum Gasteiger partial charge on any atom is 0.237 e. The number of carbonyl (C=O) groups excluding carboxylic acids is 1. The van der Waals surface area contributed by atoms with Crippen molar-refractivity contribution in [1.29, 1.82) is 0 Å². The maximum absolute atomic E-state index is 12.4. The molecule has 1 atom stereocenters. The first-order chi connectivity index (χ1) is 12.2. The summed E-state index contributed by atoms with van der Waals surface area (Å²) in [5, 5.41) is 11.3. The van der Waals surface area contributed by atoms with Crippen LogP contribution in [0.15, 0.2) is 42.5 Å². The largest absolute Gasteiger partial charge is 0.351 e. The number of amides is 1. The van der Waals surface area contributed by atoms with Crippen LogP contribution in [0.1, 0.15) is 28.8 Å². The Morgan fingerprint density at radius 2 is 2.08 bits per heavy atom. The van der Waals surface area contributed by atoms with E-state index in [1.165, 1.54) is 23.1 Å². The second kappa shape index (κ2) is 6.69. The number of nitrogens with two attached hydrogens (primary N) is 1. The molecule has 5 heteroatoms. The number of aromatic nitrogens is 2. The van der Waals surface area contributed by atoms with Gasteiger partial charge in [0.1, 0.15) is 0 Å². The molecule has 0 bridgehead atoms. The van der Waals surface area contributed by atoms with Crippen LogP contribution in [0.5, 0.6) is 0 Å². The van der Waals surface area contributed by atoms with Crippen LogP contribution < -0.4 is 11.1 Å². The average molecular weight is 334 g/mol. The van der Waals surface area contributed by atoms with Crippen LogP contribution in [0.2, 0.25) is 0 Å². The zero-order chi connectivity index (χ0) is 17.2. The molecule has 0 saturated carbocycles. The Kier molecular flexibility index (Phi) is 4.24. The first kappa shape index (κ1) is 15.8. The summed E-state index contributed by atoms with van der Waals surface area (Å²) in [6.45, 7) is 0.541. The Balaban J connectivity index is 1.40. The summed E-state index contributed by atoms with van der Waals surface area (Å²) in [4.78, 5) is 12.4. The summed E-state index contributed by atoms with van der Waals surface area (Å²) in [5.74, 6) is -0.130. The fourth-order valence-corrected chi connectivity index (χ4v) is 3.66. The predicted octanol–water partition coefficient (Wildman–Crippen LogP) is 2.24. The van der Waals surface area contributed by atoms with E-state index in [2.05, 4.69) is 33.7 Å². The second-order valence-electron chi connectivity index (χ2n) is 6.66. The lowest BCUT2D eigenvalue weighted by Gasteiger charge is -2.13. The molecule has 0 radical (unpaired) electrons. The van der Waals surface area contributed by atoms with Gasteiger partial charge in [0.05, 0.1) is 11.6 Å². The molecule has 1 aliphatic carbocycles. The Morgan fingerprint density at radius 3 is 3.00 bits per heavy atom. The van der Waals surface area contributed by atoms with Crippen molar-refractivity contribution in [2.24, 2.45) is 5.73 Å². The number of hydrogen-bond acceptors (Lipinski definition) is 3. The van der Waals surface area contributed by atoms with E-state index in [4.69, 9.17) is 5.73 Å². The molecule has 1 amide bonds. The van der Waals surface area contributed by atoms with Gasteiger partial charge in [0.2, 0.25) is 5.91 Å². The Hall–Kier alpha value is -2.66. The molecule has 1 heterocycles. The number of rotatable bonds is 5. The van der Waals surface area contributed by atoms with Gasteiger partial charge in [-0.05, 0) is 42.0 Å². The summed E-state index contributed by atoms with van der Waals surface area (Å²) < 4.78 is 0. The number of aromatic amines is 1. The number of aryl methyl sites for hydroxylation is 1. The molecule has 1 aliphatic rings. The number of nitrogens with zero attached hydrogens (tertiary/aromatic N) is 1. The summed E-state index contributed by atoms with van der Waals surface area (Å²) in [5.41, 5.74) is 11.9. The number of carbonyl (C=O) groups is 1. The highest BCUT2D eigenvalue weighted by molar-refractivity contribution is 5.84. The van der Waals surface area contributed by atoms with Gasteiger partial charge < -0.3 is 11.1 Å². The van der Waals surface area contributed by atoms with Crippen molar-refractivity contribution in [2.75, 3.05) is 0 Å². The molecule has 5 nitrogen and oxygen atoms in total. The fourth-order valence-electron chi connectivity index (χ4n) is 3.66. The molecule has 128 valence electrons. The van der Waals surface area contributed by atoms with Crippen molar-refractivity contribution in [3.05, 3.63) is 64.8 Å². The van der Waals surface area contributed by atoms with Crippen molar-refractivity contribution in [2.45, 2.75) is 38.3 Å². The highest BCUT2D eigenvalue weighted by Crippen LogP contribution is 2.25. The summed E-state index contributed by atoms with van der Waals surface area (Å²) in [6, 6.07) is 13.6. The quantitative estimate of drug-likeness (QED) is 0.669. The van der Waals surface area contributed by atoms with Crippen LogP contribution in [0, 0.1) is 0 Å². The smallest absolute Gasteiger partial charge is 0.237 e. The van der Waals surface area contributed by atoms with Crippen molar-refractivity contribution in [3.63, 3.8) is 0 Å². The van der Waals surface area contributed by atoms with Gasteiger partial charge in [-0.2, -0.15) is 5.10 Å². The molecule has 0 spiro atoms. The van der Waals surface area contributed by atoms with Crippen LogP contribution >= 0.6 is 0 Å². The summed E-state index contributed by atoms with van der Waals surface area (Å²) >= 11 is 0. The van der Waals surface area contributed by atoms with E-state index in [1.54, 1.807) is 0 Å². The molecule has 0 aliphatic heterocycles. The molecule has 4 N–H and O–H groups in total. The van der Waals surface area contributed by atoms with Gasteiger partial charge in [0, 0.05) is 24.0 Å². The van der Waals surface area contributed by atoms with Gasteiger partial charge in [-0.15, -0.1) is 0 Å². The van der Waals surface area contributed by atoms with E-state index >= 15 is 0 Å². The van der Waals surface area contributed by atoms with E-state index in [0.717, 1.165) is 29.4 Å². The highest BCUT2D eigenvalue weighted by Gasteiger charge is 2.18. The van der Waals surface area contributed by atoms with E-state index in [1.807, 2.05) is 24.3 Å². The minimum Gasteiger partial charge on any atom is -0.351 e. The van der Waals surface area contributed by atoms with E-state index in [-0.39, 0.29) is 5.91 Å². The van der Waals surface area contributed by atoms with Crippen LogP contribution in [0.3, 0.4) is 0 Å². The van der Waals surface area contributed by atoms with Gasteiger partial charge in [-0.25, -0.2) is 0 Å². The average Bonchev–Trinajstić information content (AvgIpc) is 3.27. The van der Waals surface area contributed by atoms with Gasteiger partial charge >= 0.3 is 0 Å². The normalized spacial score (nSPS) is 14.4. The highest BCUT2D eigenvalue weighted by atomic mass is 16.2.